The van der Waals surface area contributed by atoms with E-state index in [1.807, 2.05) is 6.92 Å². The van der Waals surface area contributed by atoms with E-state index in [1.165, 1.54) is 40.5 Å². The highest BCUT2D eigenvalue weighted by Gasteiger charge is 2.60. The lowest BCUT2D eigenvalue weighted by molar-refractivity contribution is -0.508. The molecule has 3 aromatic rings. The van der Waals surface area contributed by atoms with Crippen LogP contribution in [0.1, 0.15) is 24.3 Å². The lowest BCUT2D eigenvalue weighted by Gasteiger charge is -2.46. The number of ether oxygens (including phenoxy) is 1. The van der Waals surface area contributed by atoms with E-state index in [2.05, 4.69) is 10.0 Å². The Morgan fingerprint density at radius 2 is 1.94 bits per heavy atom. The first-order valence-corrected chi connectivity index (χ1v) is 17.6. The van der Waals surface area contributed by atoms with Gasteiger partial charge in [0.15, 0.2) is 10.1 Å². The number of hydrogen-bond donors (Lipinski definition) is 1. The van der Waals surface area contributed by atoms with Crippen LogP contribution in [0.5, 0.6) is 0 Å². The van der Waals surface area contributed by atoms with Crippen LogP contribution in [0.25, 0.3) is 20.8 Å². The van der Waals surface area contributed by atoms with Crippen LogP contribution in [0.3, 0.4) is 0 Å². The maximum absolute atomic E-state index is 13.5. The fourth-order valence-electron chi connectivity index (χ4n) is 5.52. The zero-order chi connectivity index (χ0) is 36.6. The first-order chi connectivity index (χ1) is 22.8. The lowest BCUT2D eigenvalue weighted by Crippen LogP contribution is -2.63. The number of carbonyl (C=O) groups is 2. The summed E-state index contributed by atoms with van der Waals surface area (Å²) in [6, 6.07) is 5.18. The number of azide groups is 1. The molecule has 5 atom stereocenters. The highest BCUT2D eigenvalue weighted by atomic mass is 32.2. The molecule has 0 radical (unpaired) electrons. The smallest absolute Gasteiger partial charge is 0.485 e. The quantitative estimate of drug-likeness (QED) is 0.0303. The second-order valence-corrected chi connectivity index (χ2v) is 14.4. The van der Waals surface area contributed by atoms with Crippen molar-refractivity contribution in [2.45, 2.75) is 49.7 Å². The van der Waals surface area contributed by atoms with Gasteiger partial charge in [0.05, 0.1) is 51.8 Å². The third kappa shape index (κ3) is 7.45. The van der Waals surface area contributed by atoms with Gasteiger partial charge in [0, 0.05) is 34.8 Å². The summed E-state index contributed by atoms with van der Waals surface area (Å²) >= 11 is 1.31. The minimum absolute atomic E-state index is 0.0891. The van der Waals surface area contributed by atoms with Crippen molar-refractivity contribution in [2.24, 2.45) is 17.0 Å². The molecule has 264 valence electrons. The second-order valence-electron chi connectivity index (χ2n) is 10.7. The summed E-state index contributed by atoms with van der Waals surface area (Å²) in [6.45, 7) is 3.79. The van der Waals surface area contributed by atoms with E-state index in [9.17, 15) is 42.2 Å². The largest absolute Gasteiger partial charge is 0.741 e. The minimum atomic E-state index is -6.09. The maximum Gasteiger partial charge on any atom is 0.485 e. The predicted octanol–water partition coefficient (Wildman–Crippen LogP) is 2.61. The van der Waals surface area contributed by atoms with Crippen LogP contribution in [0.4, 0.5) is 18.9 Å². The number of aromatic nitrogens is 2. The number of esters is 1. The summed E-state index contributed by atoms with van der Waals surface area (Å²) in [5.41, 5.74) is 4.08. The molecule has 4 heterocycles. The Kier molecular flexibility index (Phi) is 10.8. The normalized spacial score (nSPS) is 20.1. The molecule has 2 aromatic heterocycles. The molecule has 1 N–H and O–H groups in total. The van der Waals surface area contributed by atoms with Gasteiger partial charge in [-0.2, -0.15) is 17.6 Å². The monoisotopic (exact) mass is 749 g/mol. The van der Waals surface area contributed by atoms with E-state index in [-0.39, 0.29) is 36.4 Å². The lowest BCUT2D eigenvalue weighted by atomic mass is 9.77. The van der Waals surface area contributed by atoms with Crippen LogP contribution >= 0.6 is 11.3 Å². The number of nitro benzene ring substituents is 1. The Balaban J connectivity index is 0.000000603. The van der Waals surface area contributed by atoms with Gasteiger partial charge >= 0.3 is 11.5 Å². The van der Waals surface area contributed by atoms with Crippen molar-refractivity contribution in [3.8, 4) is 0 Å². The van der Waals surface area contributed by atoms with E-state index in [1.54, 1.807) is 34.7 Å². The molecule has 2 aliphatic rings. The summed E-state index contributed by atoms with van der Waals surface area (Å²) in [7, 11) is -7.47. The van der Waals surface area contributed by atoms with E-state index in [0.29, 0.717) is 32.4 Å². The number of aliphatic hydroxyl groups is 1. The fourth-order valence-corrected chi connectivity index (χ4v) is 7.99. The molecule has 5 rings (SSSR count). The van der Waals surface area contributed by atoms with E-state index in [0.717, 1.165) is 0 Å². The SMILES string of the molecule is C[C@@H](O)[C@H]1C(=O)N2C(C(=O)OCc3ccc([N+](=O)[O-])cc3)=C(c3c[n+]4cn(CCN=[N+]=[N-])c(S(C)=O)c4s3)[C@H](C)[C@H]12.O=S(=O)([O-])C(F)(F)F. The second kappa shape index (κ2) is 14.2. The molecule has 1 amide bonds. The summed E-state index contributed by atoms with van der Waals surface area (Å²) in [5, 5.41) is 25.3. The summed E-state index contributed by atoms with van der Waals surface area (Å²) in [5.74, 6) is -2.09. The zero-order valence-electron chi connectivity index (χ0n) is 25.5. The Hall–Kier alpha value is -4.41. The van der Waals surface area contributed by atoms with E-state index in [4.69, 9.17) is 23.2 Å². The number of benzene rings is 1. The standard InChI is InChI=1S/C25H26N7O7S2.CHF3O3S/c1-13-18(17-10-30-12-29(9-8-27-28-26)24(41(3)38)23(30)40-17)21(31-20(13)19(14(2)33)22(31)34)25(35)39-11-15-4-6-16(7-5-15)32(36)37;2-1(3,4)8(5,6)7/h4-7,10,12-14,19-20,33H,8-9,11H2,1-3H3;(H,5,6,7)/q+1;/p-1/t13-,14+,19+,20+,41?;/m0./s1. The van der Waals surface area contributed by atoms with Gasteiger partial charge in [-0.25, -0.2) is 17.8 Å². The van der Waals surface area contributed by atoms with Crippen LogP contribution in [-0.2, 0) is 48.4 Å². The molecular weight excluding hydrogens is 724 g/mol. The minimum Gasteiger partial charge on any atom is -0.741 e. The van der Waals surface area contributed by atoms with Gasteiger partial charge in [0.25, 0.3) is 12.0 Å². The number of carbonyl (C=O) groups excluding carboxylic acids is 2. The number of aliphatic hydroxyl groups excluding tert-OH is 1. The number of halogens is 3. The molecule has 1 saturated heterocycles. The Labute approximate surface area is 281 Å². The number of hydrogen-bond acceptors (Lipinski definition) is 12. The number of amides is 1. The zero-order valence-corrected chi connectivity index (χ0v) is 28.0. The van der Waals surface area contributed by atoms with Crippen LogP contribution in [0.15, 0.2) is 52.6 Å². The Morgan fingerprint density at radius 1 is 1.33 bits per heavy atom. The molecule has 23 heteroatoms. The third-order valence-electron chi connectivity index (χ3n) is 7.61. The highest BCUT2D eigenvalue weighted by molar-refractivity contribution is 7.86. The van der Waals surface area contributed by atoms with Crippen LogP contribution in [0.2, 0.25) is 0 Å². The fraction of sp³-hybridized carbons (Fsp3) is 0.423. The molecule has 1 unspecified atom stereocenters. The van der Waals surface area contributed by atoms with Gasteiger partial charge in [-0.05, 0) is 30.2 Å². The number of alkyl halides is 3. The molecular formula is C26H26F3N7O10S3. The Bertz CT molecular complexity index is 2020. The van der Waals surface area contributed by atoms with Gasteiger partial charge < -0.3 is 19.3 Å². The number of thiazole rings is 1. The predicted molar refractivity (Wildman–Crippen MR) is 162 cm³/mol. The first kappa shape index (κ1) is 37.4. The van der Waals surface area contributed by atoms with Crippen molar-refractivity contribution >= 4 is 60.2 Å². The molecule has 1 fully saturated rings. The number of non-ortho nitro benzene ring substituents is 1. The number of rotatable bonds is 10. The summed E-state index contributed by atoms with van der Waals surface area (Å²) in [6.07, 6.45) is 4.18. The molecule has 0 bridgehead atoms. The maximum atomic E-state index is 13.5. The molecule has 2 aliphatic heterocycles. The average Bonchev–Trinajstić information content (AvgIpc) is 3.62. The van der Waals surface area contributed by atoms with Gasteiger partial charge in [-0.15, -0.1) is 0 Å². The first-order valence-electron chi connectivity index (χ1n) is 13.9. The molecule has 0 saturated carbocycles. The van der Waals surface area contributed by atoms with Gasteiger partial charge in [0.1, 0.15) is 18.5 Å². The number of fused-ring (bicyclic) bond motifs is 2. The van der Waals surface area contributed by atoms with Crippen molar-refractivity contribution in [1.29, 1.82) is 0 Å². The van der Waals surface area contributed by atoms with Gasteiger partial charge in [0.2, 0.25) is 15.8 Å². The molecule has 17 nitrogen and oxygen atoms in total. The van der Waals surface area contributed by atoms with Gasteiger partial charge in [-0.1, -0.05) is 23.4 Å². The topological polar surface area (TPSA) is 242 Å². The van der Waals surface area contributed by atoms with Crippen molar-refractivity contribution in [3.63, 3.8) is 0 Å². The van der Waals surface area contributed by atoms with Crippen molar-refractivity contribution in [2.75, 3.05) is 12.8 Å². The number of nitrogens with zero attached hydrogens (tertiary/aromatic N) is 7. The van der Waals surface area contributed by atoms with Crippen LogP contribution in [-0.4, -0.2) is 79.0 Å². The number of nitro groups is 1. The van der Waals surface area contributed by atoms with Crippen LogP contribution in [0, 0.1) is 22.0 Å². The van der Waals surface area contributed by atoms with E-state index >= 15 is 0 Å². The average molecular weight is 750 g/mol. The molecule has 0 spiro atoms. The van der Waals surface area contributed by atoms with Crippen molar-refractivity contribution < 1.29 is 59.1 Å². The third-order valence-corrected chi connectivity index (χ3v) is 10.4. The van der Waals surface area contributed by atoms with E-state index < -0.39 is 55.4 Å². The number of imidazole rings is 1. The van der Waals surface area contributed by atoms with Crippen molar-refractivity contribution in [1.82, 2.24) is 9.47 Å². The van der Waals surface area contributed by atoms with Gasteiger partial charge in [-0.3, -0.25) is 19.1 Å². The molecule has 49 heavy (non-hydrogen) atoms. The summed E-state index contributed by atoms with van der Waals surface area (Å²) < 4.78 is 80.7. The van der Waals surface area contributed by atoms with Crippen molar-refractivity contribution in [3.05, 3.63) is 73.5 Å². The Morgan fingerprint density at radius 3 is 2.45 bits per heavy atom. The summed E-state index contributed by atoms with van der Waals surface area (Å²) in [4.78, 5) is 42.6. The van der Waals surface area contributed by atoms with Crippen LogP contribution < -0.4 is 4.40 Å². The number of β-lactam (4-membered cyclic amide) rings is 1. The molecule has 1 aromatic carbocycles. The highest BCUT2D eigenvalue weighted by Crippen LogP contribution is 2.51. The molecule has 0 aliphatic carbocycles.